The van der Waals surface area contributed by atoms with Crippen molar-refractivity contribution in [2.45, 2.75) is 19.4 Å². The SMILES string of the molecule is Cc1c(NC(=O)CN2C(=O)NC(C)(c3cccc(Br)c3)C2=O)cccc1[N+](=O)[O-]. The molecule has 3 rings (SSSR count). The summed E-state index contributed by atoms with van der Waals surface area (Å²) in [6, 6.07) is 10.5. The molecule has 0 radical (unpaired) electrons. The third kappa shape index (κ3) is 3.83. The average Bonchev–Trinajstić information content (AvgIpc) is 2.87. The van der Waals surface area contributed by atoms with Gasteiger partial charge in [0.1, 0.15) is 12.1 Å². The Morgan fingerprint density at radius 1 is 1.28 bits per heavy atom. The number of anilines is 1. The number of imide groups is 1. The summed E-state index contributed by atoms with van der Waals surface area (Å²) in [7, 11) is 0. The van der Waals surface area contributed by atoms with Gasteiger partial charge in [0.25, 0.3) is 11.6 Å². The predicted octanol–water partition coefficient (Wildman–Crippen LogP) is 3.07. The molecule has 0 saturated carbocycles. The molecule has 1 fully saturated rings. The summed E-state index contributed by atoms with van der Waals surface area (Å²) in [6.45, 7) is 2.56. The van der Waals surface area contributed by atoms with Gasteiger partial charge in [-0.1, -0.05) is 34.1 Å². The molecule has 1 heterocycles. The van der Waals surface area contributed by atoms with E-state index in [1.807, 2.05) is 0 Å². The molecule has 2 aromatic carbocycles. The van der Waals surface area contributed by atoms with Crippen LogP contribution in [0, 0.1) is 17.0 Å². The summed E-state index contributed by atoms with van der Waals surface area (Å²) >= 11 is 3.33. The van der Waals surface area contributed by atoms with Gasteiger partial charge in [-0.25, -0.2) is 4.79 Å². The Balaban J connectivity index is 1.78. The lowest BCUT2D eigenvalue weighted by atomic mass is 9.92. The molecule has 9 nitrogen and oxygen atoms in total. The molecular formula is C19H17BrN4O5. The monoisotopic (exact) mass is 460 g/mol. The maximum absolute atomic E-state index is 12.9. The normalized spacial score (nSPS) is 18.5. The number of hydrogen-bond donors (Lipinski definition) is 2. The number of carbonyl (C=O) groups excluding carboxylic acids is 3. The van der Waals surface area contributed by atoms with E-state index in [0.717, 1.165) is 9.37 Å². The van der Waals surface area contributed by atoms with E-state index < -0.39 is 34.9 Å². The van der Waals surface area contributed by atoms with Gasteiger partial charge in [-0.2, -0.15) is 0 Å². The molecular weight excluding hydrogens is 444 g/mol. The van der Waals surface area contributed by atoms with Crippen LogP contribution in [0.3, 0.4) is 0 Å². The Bertz CT molecular complexity index is 1040. The van der Waals surface area contributed by atoms with Gasteiger partial charge in [-0.05, 0) is 37.6 Å². The Morgan fingerprint density at radius 2 is 1.97 bits per heavy atom. The van der Waals surface area contributed by atoms with Gasteiger partial charge in [0.05, 0.1) is 16.2 Å². The van der Waals surface area contributed by atoms with Gasteiger partial charge in [0.15, 0.2) is 0 Å². The van der Waals surface area contributed by atoms with Crippen molar-refractivity contribution in [3.8, 4) is 0 Å². The summed E-state index contributed by atoms with van der Waals surface area (Å²) in [5.74, 6) is -1.21. The highest BCUT2D eigenvalue weighted by Crippen LogP contribution is 2.30. The number of nitro benzene ring substituents is 1. The van der Waals surface area contributed by atoms with Gasteiger partial charge >= 0.3 is 6.03 Å². The molecule has 2 aromatic rings. The zero-order valence-electron chi connectivity index (χ0n) is 15.6. The van der Waals surface area contributed by atoms with Gasteiger partial charge in [0.2, 0.25) is 5.91 Å². The largest absolute Gasteiger partial charge is 0.325 e. The molecule has 1 aliphatic heterocycles. The molecule has 10 heteroatoms. The third-order valence-corrected chi connectivity index (χ3v) is 5.25. The number of nitrogens with one attached hydrogen (secondary N) is 2. The molecule has 0 bridgehead atoms. The zero-order chi connectivity index (χ0) is 21.3. The minimum absolute atomic E-state index is 0.139. The highest BCUT2D eigenvalue weighted by atomic mass is 79.9. The maximum Gasteiger partial charge on any atom is 0.325 e. The first kappa shape index (κ1) is 20.5. The fourth-order valence-corrected chi connectivity index (χ4v) is 3.52. The number of nitrogens with zero attached hydrogens (tertiary/aromatic N) is 2. The Kier molecular flexibility index (Phi) is 5.38. The fourth-order valence-electron chi connectivity index (χ4n) is 3.13. The zero-order valence-corrected chi connectivity index (χ0v) is 17.1. The van der Waals surface area contributed by atoms with E-state index in [1.165, 1.54) is 25.1 Å². The summed E-state index contributed by atoms with van der Waals surface area (Å²) < 4.78 is 0.746. The lowest BCUT2D eigenvalue weighted by molar-refractivity contribution is -0.385. The van der Waals surface area contributed by atoms with E-state index >= 15 is 0 Å². The van der Waals surface area contributed by atoms with Crippen LogP contribution < -0.4 is 10.6 Å². The molecule has 1 saturated heterocycles. The lowest BCUT2D eigenvalue weighted by Gasteiger charge is -2.22. The van der Waals surface area contributed by atoms with Gasteiger partial charge < -0.3 is 10.6 Å². The molecule has 0 aliphatic carbocycles. The average molecular weight is 461 g/mol. The van der Waals surface area contributed by atoms with Crippen LogP contribution >= 0.6 is 15.9 Å². The second-order valence-corrected chi connectivity index (χ2v) is 7.63. The van der Waals surface area contributed by atoms with Crippen LogP contribution in [0.2, 0.25) is 0 Å². The number of amides is 4. The topological polar surface area (TPSA) is 122 Å². The number of nitro groups is 1. The number of carbonyl (C=O) groups is 3. The van der Waals surface area contributed by atoms with E-state index in [2.05, 4.69) is 26.6 Å². The molecule has 2 N–H and O–H groups in total. The molecule has 1 unspecified atom stereocenters. The molecule has 29 heavy (non-hydrogen) atoms. The van der Waals surface area contributed by atoms with Crippen LogP contribution in [0.25, 0.3) is 0 Å². The van der Waals surface area contributed by atoms with E-state index in [0.29, 0.717) is 5.56 Å². The molecule has 0 aromatic heterocycles. The minimum atomic E-state index is -1.30. The predicted molar refractivity (Wildman–Crippen MR) is 108 cm³/mol. The van der Waals surface area contributed by atoms with Crippen molar-refractivity contribution in [3.05, 3.63) is 68.2 Å². The summed E-state index contributed by atoms with van der Waals surface area (Å²) in [5.41, 5.74) is -0.349. The van der Waals surface area contributed by atoms with E-state index in [4.69, 9.17) is 0 Å². The highest BCUT2D eigenvalue weighted by molar-refractivity contribution is 9.10. The minimum Gasteiger partial charge on any atom is -0.324 e. The number of urea groups is 1. The quantitative estimate of drug-likeness (QED) is 0.403. The standard InChI is InChI=1S/C19H17BrN4O5/c1-11-14(7-4-8-15(11)24(28)29)21-16(25)10-23-17(26)19(2,22-18(23)27)12-5-3-6-13(20)9-12/h3-9H,10H2,1-2H3,(H,21,25)(H,22,27). The number of rotatable bonds is 5. The number of halogens is 1. The Labute approximate surface area is 174 Å². The second-order valence-electron chi connectivity index (χ2n) is 6.71. The Morgan fingerprint density at radius 3 is 2.62 bits per heavy atom. The molecule has 1 atom stereocenters. The third-order valence-electron chi connectivity index (χ3n) is 4.75. The van der Waals surface area contributed by atoms with Crippen LogP contribution in [0.4, 0.5) is 16.2 Å². The van der Waals surface area contributed by atoms with Crippen LogP contribution in [0.1, 0.15) is 18.1 Å². The van der Waals surface area contributed by atoms with Crippen LogP contribution in [0.5, 0.6) is 0 Å². The van der Waals surface area contributed by atoms with E-state index in [1.54, 1.807) is 31.2 Å². The van der Waals surface area contributed by atoms with Crippen molar-refractivity contribution >= 4 is 45.2 Å². The van der Waals surface area contributed by atoms with E-state index in [9.17, 15) is 24.5 Å². The van der Waals surface area contributed by atoms with Crippen LogP contribution in [-0.2, 0) is 15.1 Å². The van der Waals surface area contributed by atoms with Crippen molar-refractivity contribution < 1.29 is 19.3 Å². The smallest absolute Gasteiger partial charge is 0.324 e. The van der Waals surface area contributed by atoms with Crippen LogP contribution in [0.15, 0.2) is 46.9 Å². The summed E-state index contributed by atoms with van der Waals surface area (Å²) in [6.07, 6.45) is 0. The van der Waals surface area contributed by atoms with Gasteiger partial charge in [-0.3, -0.25) is 24.6 Å². The first-order chi connectivity index (χ1) is 13.6. The summed E-state index contributed by atoms with van der Waals surface area (Å²) in [4.78, 5) is 49.0. The Hall–Kier alpha value is -3.27. The van der Waals surface area contributed by atoms with Crippen molar-refractivity contribution in [2.24, 2.45) is 0 Å². The lowest BCUT2D eigenvalue weighted by Crippen LogP contribution is -2.42. The molecule has 1 aliphatic rings. The van der Waals surface area contributed by atoms with Crippen LogP contribution in [-0.4, -0.2) is 34.2 Å². The maximum atomic E-state index is 12.9. The number of benzene rings is 2. The molecule has 150 valence electrons. The van der Waals surface area contributed by atoms with Gasteiger partial charge in [-0.15, -0.1) is 0 Å². The van der Waals surface area contributed by atoms with Gasteiger partial charge in [0, 0.05) is 10.5 Å². The highest BCUT2D eigenvalue weighted by Gasteiger charge is 2.49. The van der Waals surface area contributed by atoms with Crippen molar-refractivity contribution in [1.29, 1.82) is 0 Å². The number of hydrogen-bond acceptors (Lipinski definition) is 5. The van der Waals surface area contributed by atoms with Crippen molar-refractivity contribution in [3.63, 3.8) is 0 Å². The van der Waals surface area contributed by atoms with Crippen molar-refractivity contribution in [2.75, 3.05) is 11.9 Å². The fraction of sp³-hybridized carbons (Fsp3) is 0.211. The van der Waals surface area contributed by atoms with Crippen molar-refractivity contribution in [1.82, 2.24) is 10.2 Å². The first-order valence-electron chi connectivity index (χ1n) is 8.57. The molecule has 4 amide bonds. The second kappa shape index (κ2) is 7.63. The first-order valence-corrected chi connectivity index (χ1v) is 9.37. The van der Waals surface area contributed by atoms with E-state index in [-0.39, 0.29) is 16.9 Å². The summed E-state index contributed by atoms with van der Waals surface area (Å²) in [5, 5.41) is 16.2. The molecule has 0 spiro atoms.